The van der Waals surface area contributed by atoms with Crippen LogP contribution in [0.15, 0.2) is 21.2 Å². The Kier molecular flexibility index (Phi) is 4.62. The summed E-state index contributed by atoms with van der Waals surface area (Å²) in [4.78, 5) is 13.3. The Morgan fingerprint density at radius 3 is 3.00 bits per heavy atom. The van der Waals surface area contributed by atoms with Gasteiger partial charge in [-0.2, -0.15) is 0 Å². The normalized spacial score (nSPS) is 15.8. The van der Waals surface area contributed by atoms with Gasteiger partial charge in [-0.15, -0.1) is 0 Å². The van der Waals surface area contributed by atoms with E-state index in [1.165, 1.54) is 0 Å². The Morgan fingerprint density at radius 2 is 2.35 bits per heavy atom. The van der Waals surface area contributed by atoms with Crippen LogP contribution in [0.5, 0.6) is 0 Å². The summed E-state index contributed by atoms with van der Waals surface area (Å²) in [6.07, 6.45) is 2.74. The van der Waals surface area contributed by atoms with Gasteiger partial charge in [0.15, 0.2) is 4.67 Å². The fraction of sp³-hybridized carbons (Fsp3) is 0.583. The number of nitrogens with one attached hydrogen (secondary N) is 1. The van der Waals surface area contributed by atoms with Crippen LogP contribution in [0.1, 0.15) is 25.0 Å². The summed E-state index contributed by atoms with van der Waals surface area (Å²) in [5, 5.41) is 3.30. The van der Waals surface area contributed by atoms with Crippen molar-refractivity contribution in [1.82, 2.24) is 10.2 Å². The van der Waals surface area contributed by atoms with Gasteiger partial charge in [0.2, 0.25) is 5.91 Å². The largest absolute Gasteiger partial charge is 0.453 e. The van der Waals surface area contributed by atoms with Crippen molar-refractivity contribution in [2.45, 2.75) is 25.8 Å². The van der Waals surface area contributed by atoms with E-state index in [-0.39, 0.29) is 0 Å². The third-order valence-corrected chi connectivity index (χ3v) is 3.31. The van der Waals surface area contributed by atoms with Crippen molar-refractivity contribution in [3.8, 4) is 0 Å². The third-order valence-electron chi connectivity index (χ3n) is 2.88. The molecular weight excluding hydrogens is 284 g/mol. The predicted octanol–water partition coefficient (Wildman–Crippen LogP) is 2.14. The number of hydrogen-bond acceptors (Lipinski definition) is 3. The van der Waals surface area contributed by atoms with Gasteiger partial charge >= 0.3 is 0 Å². The first kappa shape index (κ1) is 12.6. The number of hydrogen-bond donors (Lipinski definition) is 1. The zero-order valence-electron chi connectivity index (χ0n) is 9.75. The van der Waals surface area contributed by atoms with Crippen LogP contribution < -0.4 is 5.32 Å². The first-order valence-corrected chi connectivity index (χ1v) is 6.78. The Balaban J connectivity index is 1.56. The predicted molar refractivity (Wildman–Crippen MR) is 68.5 cm³/mol. The maximum atomic E-state index is 11.3. The second-order valence-corrected chi connectivity index (χ2v) is 5.00. The first-order chi connectivity index (χ1) is 8.25. The fourth-order valence-corrected chi connectivity index (χ4v) is 2.33. The van der Waals surface area contributed by atoms with Gasteiger partial charge in [0.1, 0.15) is 5.76 Å². The quantitative estimate of drug-likeness (QED) is 0.819. The minimum atomic E-state index is 0.306. The lowest BCUT2D eigenvalue weighted by Crippen LogP contribution is -2.28. The van der Waals surface area contributed by atoms with Crippen molar-refractivity contribution in [3.63, 3.8) is 0 Å². The van der Waals surface area contributed by atoms with Gasteiger partial charge in [0, 0.05) is 19.5 Å². The van der Waals surface area contributed by atoms with Crippen molar-refractivity contribution < 1.29 is 9.21 Å². The molecule has 0 unspecified atom stereocenters. The summed E-state index contributed by atoms with van der Waals surface area (Å²) in [6.45, 7) is 3.44. The number of amides is 1. The molecule has 17 heavy (non-hydrogen) atoms. The molecule has 1 aliphatic heterocycles. The van der Waals surface area contributed by atoms with E-state index >= 15 is 0 Å². The van der Waals surface area contributed by atoms with Crippen LogP contribution in [0.25, 0.3) is 0 Å². The van der Waals surface area contributed by atoms with E-state index < -0.39 is 0 Å². The molecule has 1 fully saturated rings. The number of likely N-dealkylation sites (tertiary alicyclic amines) is 1. The van der Waals surface area contributed by atoms with E-state index in [2.05, 4.69) is 21.2 Å². The van der Waals surface area contributed by atoms with Crippen LogP contribution in [0, 0.1) is 0 Å². The highest BCUT2D eigenvalue weighted by Crippen LogP contribution is 2.13. The van der Waals surface area contributed by atoms with Gasteiger partial charge in [-0.3, -0.25) is 4.79 Å². The van der Waals surface area contributed by atoms with Crippen molar-refractivity contribution in [2.75, 3.05) is 19.6 Å². The zero-order chi connectivity index (χ0) is 12.1. The molecule has 4 nitrogen and oxygen atoms in total. The van der Waals surface area contributed by atoms with Crippen LogP contribution >= 0.6 is 15.9 Å². The summed E-state index contributed by atoms with van der Waals surface area (Å²) in [7, 11) is 0. The Bertz CT molecular complexity index is 378. The Labute approximate surface area is 109 Å². The average Bonchev–Trinajstić information content (AvgIpc) is 2.88. The minimum Gasteiger partial charge on any atom is -0.453 e. The fourth-order valence-electron chi connectivity index (χ4n) is 1.99. The minimum absolute atomic E-state index is 0.306. The second-order valence-electron chi connectivity index (χ2n) is 4.22. The second kappa shape index (κ2) is 6.21. The average molecular weight is 301 g/mol. The van der Waals surface area contributed by atoms with E-state index in [0.29, 0.717) is 5.91 Å². The SMILES string of the molecule is O=C1CCCN1CCCNCc1ccc(Br)o1. The van der Waals surface area contributed by atoms with E-state index in [1.54, 1.807) is 0 Å². The monoisotopic (exact) mass is 300 g/mol. The number of nitrogens with zero attached hydrogens (tertiary/aromatic N) is 1. The standard InChI is InChI=1S/C12H17BrN2O2/c13-11-5-4-10(17-11)9-14-6-2-8-15-7-1-3-12(15)16/h4-5,14H,1-3,6-9H2. The van der Waals surface area contributed by atoms with E-state index in [4.69, 9.17) is 4.42 Å². The van der Waals surface area contributed by atoms with Crippen LogP contribution in [0.3, 0.4) is 0 Å². The van der Waals surface area contributed by atoms with Crippen molar-refractivity contribution in [1.29, 1.82) is 0 Å². The molecule has 1 aromatic rings. The van der Waals surface area contributed by atoms with Crippen molar-refractivity contribution >= 4 is 21.8 Å². The van der Waals surface area contributed by atoms with Crippen molar-refractivity contribution in [2.24, 2.45) is 0 Å². The molecule has 1 aliphatic rings. The highest BCUT2D eigenvalue weighted by atomic mass is 79.9. The molecule has 2 heterocycles. The molecule has 2 rings (SSSR count). The lowest BCUT2D eigenvalue weighted by Gasteiger charge is -2.14. The topological polar surface area (TPSA) is 45.5 Å². The highest BCUT2D eigenvalue weighted by Gasteiger charge is 2.18. The summed E-state index contributed by atoms with van der Waals surface area (Å²) < 4.78 is 6.13. The van der Waals surface area contributed by atoms with Crippen molar-refractivity contribution in [3.05, 3.63) is 22.6 Å². The van der Waals surface area contributed by atoms with Crippen LogP contribution in [0.2, 0.25) is 0 Å². The smallest absolute Gasteiger partial charge is 0.222 e. The molecule has 0 atom stereocenters. The lowest BCUT2D eigenvalue weighted by atomic mass is 10.3. The Morgan fingerprint density at radius 1 is 1.47 bits per heavy atom. The summed E-state index contributed by atoms with van der Waals surface area (Å²) in [5.74, 6) is 1.23. The molecule has 1 amide bonds. The van der Waals surface area contributed by atoms with Gasteiger partial charge in [-0.1, -0.05) is 0 Å². The molecule has 0 spiro atoms. The van der Waals surface area contributed by atoms with Crippen LogP contribution in [-0.4, -0.2) is 30.4 Å². The molecule has 1 N–H and O–H groups in total. The zero-order valence-corrected chi connectivity index (χ0v) is 11.3. The molecule has 94 valence electrons. The van der Waals surface area contributed by atoms with Crippen LogP contribution in [0.4, 0.5) is 0 Å². The molecule has 5 heteroatoms. The number of carbonyl (C=O) groups excluding carboxylic acids is 1. The number of furan rings is 1. The molecule has 0 bridgehead atoms. The van der Waals surface area contributed by atoms with Gasteiger partial charge in [-0.05, 0) is 47.4 Å². The third kappa shape index (κ3) is 3.85. The van der Waals surface area contributed by atoms with Gasteiger partial charge in [0.05, 0.1) is 6.54 Å². The lowest BCUT2D eigenvalue weighted by molar-refractivity contribution is -0.127. The summed E-state index contributed by atoms with van der Waals surface area (Å²) >= 11 is 3.27. The Hall–Kier alpha value is -0.810. The maximum absolute atomic E-state index is 11.3. The number of carbonyl (C=O) groups is 1. The molecule has 0 saturated carbocycles. The van der Waals surface area contributed by atoms with Gasteiger partial charge in [-0.25, -0.2) is 0 Å². The maximum Gasteiger partial charge on any atom is 0.222 e. The summed E-state index contributed by atoms with van der Waals surface area (Å²) in [6, 6.07) is 3.83. The van der Waals surface area contributed by atoms with E-state index in [0.717, 1.165) is 55.9 Å². The molecule has 0 aromatic carbocycles. The molecule has 1 aromatic heterocycles. The molecular formula is C12H17BrN2O2. The number of halogens is 1. The van der Waals surface area contributed by atoms with Gasteiger partial charge in [0.25, 0.3) is 0 Å². The van der Waals surface area contributed by atoms with Gasteiger partial charge < -0.3 is 14.6 Å². The van der Waals surface area contributed by atoms with Crippen LogP contribution in [-0.2, 0) is 11.3 Å². The van der Waals surface area contributed by atoms with E-state index in [9.17, 15) is 4.79 Å². The molecule has 0 radical (unpaired) electrons. The highest BCUT2D eigenvalue weighted by molar-refractivity contribution is 9.10. The first-order valence-electron chi connectivity index (χ1n) is 5.98. The molecule has 1 saturated heterocycles. The number of rotatable bonds is 6. The molecule has 0 aliphatic carbocycles. The summed E-state index contributed by atoms with van der Waals surface area (Å²) in [5.41, 5.74) is 0. The van der Waals surface area contributed by atoms with E-state index in [1.807, 2.05) is 17.0 Å².